The van der Waals surface area contributed by atoms with Gasteiger partial charge in [-0.3, -0.25) is 10.1 Å². The van der Waals surface area contributed by atoms with E-state index in [1.807, 2.05) is 43.4 Å². The summed E-state index contributed by atoms with van der Waals surface area (Å²) in [6.45, 7) is 3.88. The molecule has 4 fully saturated rings. The molecule has 4 aliphatic rings. The Kier molecular flexibility index (Phi) is 5.41. The molecule has 0 radical (unpaired) electrons. The van der Waals surface area contributed by atoms with Gasteiger partial charge in [-0.1, -0.05) is 23.7 Å². The van der Waals surface area contributed by atoms with E-state index >= 15 is 0 Å². The lowest BCUT2D eigenvalue weighted by Gasteiger charge is -2.56. The number of amides is 3. The molecule has 5 rings (SSSR count). The van der Waals surface area contributed by atoms with E-state index < -0.39 is 0 Å². The van der Waals surface area contributed by atoms with Crippen molar-refractivity contribution in [2.45, 2.75) is 70.0 Å². The number of quaternary nitrogens is 1. The quantitative estimate of drug-likeness (QED) is 0.705. The molecule has 0 heterocycles. The second kappa shape index (κ2) is 7.68. The molecule has 0 aromatic heterocycles. The van der Waals surface area contributed by atoms with Gasteiger partial charge in [0.15, 0.2) is 6.04 Å². The normalized spacial score (nSPS) is 32.6. The van der Waals surface area contributed by atoms with Crippen LogP contribution in [0.15, 0.2) is 24.3 Å². The van der Waals surface area contributed by atoms with E-state index in [-0.39, 0.29) is 29.6 Å². The van der Waals surface area contributed by atoms with Crippen molar-refractivity contribution in [2.24, 2.45) is 17.8 Å². The Balaban J connectivity index is 1.29. The molecule has 1 aromatic rings. The molecule has 4 bridgehead atoms. The number of rotatable bonds is 5. The molecular formula is C22H31ClN3O2+. The second-order valence-electron chi connectivity index (χ2n) is 9.46. The highest BCUT2D eigenvalue weighted by atomic mass is 35.5. The van der Waals surface area contributed by atoms with E-state index in [0.717, 1.165) is 42.6 Å². The maximum Gasteiger partial charge on any atom is 0.322 e. The Hall–Kier alpha value is -1.59. The molecule has 28 heavy (non-hydrogen) atoms. The zero-order valence-electron chi connectivity index (χ0n) is 16.7. The van der Waals surface area contributed by atoms with Crippen LogP contribution < -0.4 is 16.0 Å². The number of hydrogen-bond donors (Lipinski definition) is 3. The molecule has 2 atom stereocenters. The SMILES string of the molecule is C[C@H]([NH2+][C@@H](C)c1ccc(Cl)cc1)C(=O)NC(=O)NC12CC3CC(CC(C3)C1)C2. The van der Waals surface area contributed by atoms with Gasteiger partial charge in [0.1, 0.15) is 6.04 Å². The first kappa shape index (κ1) is 19.7. The van der Waals surface area contributed by atoms with Gasteiger partial charge in [0.05, 0.1) is 0 Å². The van der Waals surface area contributed by atoms with Crippen LogP contribution >= 0.6 is 11.6 Å². The highest BCUT2D eigenvalue weighted by Gasteiger charge is 2.51. The summed E-state index contributed by atoms with van der Waals surface area (Å²) in [5.74, 6) is 2.03. The topological polar surface area (TPSA) is 74.8 Å². The molecule has 152 valence electrons. The van der Waals surface area contributed by atoms with Crippen molar-refractivity contribution in [2.75, 3.05) is 0 Å². The Morgan fingerprint density at radius 3 is 2.11 bits per heavy atom. The smallest absolute Gasteiger partial charge is 0.322 e. The molecule has 0 aliphatic heterocycles. The summed E-state index contributed by atoms with van der Waals surface area (Å²) < 4.78 is 0. The Labute approximate surface area is 172 Å². The van der Waals surface area contributed by atoms with Gasteiger partial charge >= 0.3 is 6.03 Å². The fraction of sp³-hybridized carbons (Fsp3) is 0.636. The molecule has 0 unspecified atom stereocenters. The first-order valence-corrected chi connectivity index (χ1v) is 10.9. The fourth-order valence-electron chi connectivity index (χ4n) is 6.16. The minimum atomic E-state index is -0.354. The Bertz CT molecular complexity index is 713. The number of carbonyl (C=O) groups excluding carboxylic acids is 2. The average Bonchev–Trinajstić information content (AvgIpc) is 2.60. The number of hydrogen-bond acceptors (Lipinski definition) is 2. The van der Waals surface area contributed by atoms with Crippen LogP contribution in [0.4, 0.5) is 4.79 Å². The van der Waals surface area contributed by atoms with Gasteiger partial charge in [0, 0.05) is 16.1 Å². The predicted molar refractivity (Wildman–Crippen MR) is 109 cm³/mol. The third kappa shape index (κ3) is 4.20. The molecule has 0 spiro atoms. The van der Waals surface area contributed by atoms with Crippen molar-refractivity contribution in [1.29, 1.82) is 0 Å². The second-order valence-corrected chi connectivity index (χ2v) is 9.90. The van der Waals surface area contributed by atoms with Crippen LogP contribution in [0.2, 0.25) is 5.02 Å². The van der Waals surface area contributed by atoms with Gasteiger partial charge in [-0.15, -0.1) is 0 Å². The lowest BCUT2D eigenvalue weighted by Crippen LogP contribution is -2.92. The Morgan fingerprint density at radius 1 is 1.04 bits per heavy atom. The van der Waals surface area contributed by atoms with E-state index in [2.05, 4.69) is 10.6 Å². The van der Waals surface area contributed by atoms with Gasteiger partial charge in [0.25, 0.3) is 5.91 Å². The first-order valence-electron chi connectivity index (χ1n) is 10.6. The number of halogens is 1. The van der Waals surface area contributed by atoms with Crippen molar-refractivity contribution in [1.82, 2.24) is 10.6 Å². The molecule has 6 heteroatoms. The molecule has 5 nitrogen and oxygen atoms in total. The molecule has 4 aliphatic carbocycles. The molecule has 3 amide bonds. The van der Waals surface area contributed by atoms with E-state index in [0.29, 0.717) is 5.02 Å². The number of imide groups is 1. The zero-order chi connectivity index (χ0) is 19.9. The van der Waals surface area contributed by atoms with Crippen molar-refractivity contribution in [3.05, 3.63) is 34.9 Å². The standard InChI is InChI=1S/C22H30ClN3O2/c1-13(18-3-5-19(23)6-4-18)24-14(2)20(27)25-21(28)26-22-10-15-7-16(11-22)9-17(8-15)12-22/h3-6,13-17,24H,7-12H2,1-2H3,(H2,25,26,27,28)/p+1/t13-,14-,15?,16?,17?,22?/m0/s1. The zero-order valence-corrected chi connectivity index (χ0v) is 17.5. The van der Waals surface area contributed by atoms with Crippen LogP contribution in [0.5, 0.6) is 0 Å². The van der Waals surface area contributed by atoms with Crippen molar-refractivity contribution >= 4 is 23.5 Å². The minimum absolute atomic E-state index is 0.0807. The first-order chi connectivity index (χ1) is 13.3. The predicted octanol–water partition coefficient (Wildman–Crippen LogP) is 3.15. The molecule has 0 saturated heterocycles. The van der Waals surface area contributed by atoms with Crippen LogP contribution in [0.1, 0.15) is 64.0 Å². The van der Waals surface area contributed by atoms with Crippen molar-refractivity contribution in [3.8, 4) is 0 Å². The Morgan fingerprint density at radius 2 is 1.57 bits per heavy atom. The number of nitrogens with one attached hydrogen (secondary N) is 2. The maximum atomic E-state index is 12.6. The van der Waals surface area contributed by atoms with Crippen molar-refractivity contribution < 1.29 is 14.9 Å². The van der Waals surface area contributed by atoms with Crippen LogP contribution in [-0.2, 0) is 4.79 Å². The van der Waals surface area contributed by atoms with Gasteiger partial charge < -0.3 is 10.6 Å². The van der Waals surface area contributed by atoms with Gasteiger partial charge in [-0.05, 0) is 82.3 Å². The molecule has 4 saturated carbocycles. The van der Waals surface area contributed by atoms with Gasteiger partial charge in [0.2, 0.25) is 0 Å². The highest BCUT2D eigenvalue weighted by Crippen LogP contribution is 2.55. The largest absolute Gasteiger partial charge is 0.332 e. The summed E-state index contributed by atoms with van der Waals surface area (Å²) in [4.78, 5) is 25.1. The summed E-state index contributed by atoms with van der Waals surface area (Å²) in [7, 11) is 0. The monoisotopic (exact) mass is 404 g/mol. The average molecular weight is 405 g/mol. The lowest BCUT2D eigenvalue weighted by atomic mass is 9.53. The van der Waals surface area contributed by atoms with Crippen LogP contribution in [0, 0.1) is 17.8 Å². The summed E-state index contributed by atoms with van der Waals surface area (Å²) in [5, 5.41) is 8.45. The van der Waals surface area contributed by atoms with E-state index in [4.69, 9.17) is 11.6 Å². The third-order valence-electron chi connectivity index (χ3n) is 7.04. The summed E-state index contributed by atoms with van der Waals surface area (Å²) in [5.41, 5.74) is 1.02. The highest BCUT2D eigenvalue weighted by molar-refractivity contribution is 6.30. The summed E-state index contributed by atoms with van der Waals surface area (Å²) in [6, 6.07) is 7.06. The molecule has 1 aromatic carbocycles. The summed E-state index contributed by atoms with van der Waals surface area (Å²) in [6.07, 6.45) is 7.23. The number of urea groups is 1. The fourth-order valence-corrected chi connectivity index (χ4v) is 6.29. The van der Waals surface area contributed by atoms with Gasteiger partial charge in [-0.25, -0.2) is 4.79 Å². The molecular weight excluding hydrogens is 374 g/mol. The van der Waals surface area contributed by atoms with Crippen LogP contribution in [0.25, 0.3) is 0 Å². The third-order valence-corrected chi connectivity index (χ3v) is 7.29. The maximum absolute atomic E-state index is 12.6. The van der Waals surface area contributed by atoms with E-state index in [9.17, 15) is 9.59 Å². The number of benzene rings is 1. The number of carbonyl (C=O) groups is 2. The minimum Gasteiger partial charge on any atom is -0.332 e. The van der Waals surface area contributed by atoms with Crippen LogP contribution in [0.3, 0.4) is 0 Å². The summed E-state index contributed by atoms with van der Waals surface area (Å²) >= 11 is 5.94. The van der Waals surface area contributed by atoms with Crippen LogP contribution in [-0.4, -0.2) is 23.5 Å². The number of nitrogens with two attached hydrogens (primary N) is 1. The van der Waals surface area contributed by atoms with Crippen molar-refractivity contribution in [3.63, 3.8) is 0 Å². The van der Waals surface area contributed by atoms with E-state index in [1.165, 1.54) is 19.3 Å². The molecule has 4 N–H and O–H groups in total. The lowest BCUT2D eigenvalue weighted by molar-refractivity contribution is -0.710. The van der Waals surface area contributed by atoms with Gasteiger partial charge in [-0.2, -0.15) is 0 Å². The van der Waals surface area contributed by atoms with E-state index in [1.54, 1.807) is 0 Å².